The van der Waals surface area contributed by atoms with E-state index in [1.165, 1.54) is 0 Å². The summed E-state index contributed by atoms with van der Waals surface area (Å²) < 4.78 is 4.91. The third-order valence-corrected chi connectivity index (χ3v) is 1.79. The van der Waals surface area contributed by atoms with Gasteiger partial charge in [-0.15, -0.1) is 0 Å². The average molecular weight is 227 g/mol. The zero-order chi connectivity index (χ0) is 12.1. The molecule has 0 amide bonds. The van der Waals surface area contributed by atoms with Crippen LogP contribution in [-0.4, -0.2) is 34.6 Å². The Morgan fingerprint density at radius 2 is 2.44 bits per heavy atom. The van der Waals surface area contributed by atoms with Crippen molar-refractivity contribution in [3.05, 3.63) is 16.3 Å². The predicted molar refractivity (Wildman–Crippen MR) is 58.1 cm³/mol. The summed E-state index contributed by atoms with van der Waals surface area (Å²) in [5.74, 6) is 0.0831. The van der Waals surface area contributed by atoms with Gasteiger partial charge >= 0.3 is 5.69 Å². The number of nitrogens with one attached hydrogen (secondary N) is 1. The highest BCUT2D eigenvalue weighted by Crippen LogP contribution is 2.18. The molecule has 0 bridgehead atoms. The van der Waals surface area contributed by atoms with Gasteiger partial charge in [0.15, 0.2) is 0 Å². The summed E-state index contributed by atoms with van der Waals surface area (Å²) in [4.78, 5) is 17.4. The van der Waals surface area contributed by atoms with Crippen LogP contribution < -0.4 is 11.1 Å². The van der Waals surface area contributed by atoms with Gasteiger partial charge in [-0.2, -0.15) is 4.98 Å². The number of ether oxygens (including phenoxy) is 1. The molecule has 0 fully saturated rings. The lowest BCUT2D eigenvalue weighted by Crippen LogP contribution is -2.22. The van der Waals surface area contributed by atoms with Crippen molar-refractivity contribution in [2.45, 2.75) is 13.0 Å². The molecule has 0 radical (unpaired) electrons. The molecule has 1 aromatic heterocycles. The summed E-state index contributed by atoms with van der Waals surface area (Å²) >= 11 is 0. The van der Waals surface area contributed by atoms with E-state index < -0.39 is 4.92 Å². The topological polar surface area (TPSA) is 116 Å². The van der Waals surface area contributed by atoms with Crippen molar-refractivity contribution in [3.63, 3.8) is 0 Å². The van der Waals surface area contributed by atoms with Gasteiger partial charge in [-0.25, -0.2) is 4.98 Å². The fourth-order valence-corrected chi connectivity index (χ4v) is 1.11. The van der Waals surface area contributed by atoms with E-state index in [1.54, 1.807) is 7.11 Å². The first kappa shape index (κ1) is 12.1. The number of anilines is 2. The Balaban J connectivity index is 2.77. The summed E-state index contributed by atoms with van der Waals surface area (Å²) in [6.07, 6.45) is 1.07. The summed E-state index contributed by atoms with van der Waals surface area (Å²) in [5, 5.41) is 13.4. The van der Waals surface area contributed by atoms with Crippen LogP contribution in [-0.2, 0) is 4.74 Å². The van der Waals surface area contributed by atoms with Gasteiger partial charge in [0.05, 0.1) is 11.5 Å². The summed E-state index contributed by atoms with van der Waals surface area (Å²) in [7, 11) is 1.57. The standard InChI is InChI=1S/C8H13N5O3/c1-5(4-16-2)11-8-10-3-6(13(14)15)7(9)12-8/h3,5H,4H2,1-2H3,(H3,9,10,11,12)/t5-/m1/s1. The minimum atomic E-state index is -0.627. The molecular formula is C8H13N5O3. The largest absolute Gasteiger partial charge is 0.383 e. The number of hydrogen-bond donors (Lipinski definition) is 2. The quantitative estimate of drug-likeness (QED) is 0.552. The molecule has 0 unspecified atom stereocenters. The van der Waals surface area contributed by atoms with E-state index in [9.17, 15) is 10.1 Å². The second-order valence-corrected chi connectivity index (χ2v) is 3.22. The van der Waals surface area contributed by atoms with Gasteiger partial charge in [-0.05, 0) is 6.92 Å². The minimum absolute atomic E-state index is 0.00847. The highest BCUT2D eigenvalue weighted by Gasteiger charge is 2.14. The molecule has 0 saturated heterocycles. The minimum Gasteiger partial charge on any atom is -0.383 e. The van der Waals surface area contributed by atoms with E-state index in [1.807, 2.05) is 6.92 Å². The van der Waals surface area contributed by atoms with Crippen molar-refractivity contribution in [1.82, 2.24) is 9.97 Å². The number of nitro groups is 1. The highest BCUT2D eigenvalue weighted by molar-refractivity contribution is 5.53. The SMILES string of the molecule is COC[C@@H](C)Nc1ncc([N+](=O)[O-])c(N)n1. The van der Waals surface area contributed by atoms with Crippen molar-refractivity contribution in [2.24, 2.45) is 0 Å². The average Bonchev–Trinajstić information content (AvgIpc) is 2.17. The molecule has 0 aliphatic carbocycles. The first-order valence-electron chi connectivity index (χ1n) is 4.57. The van der Waals surface area contributed by atoms with Crippen molar-refractivity contribution in [1.29, 1.82) is 0 Å². The van der Waals surface area contributed by atoms with Gasteiger partial charge < -0.3 is 15.8 Å². The molecule has 1 rings (SSSR count). The van der Waals surface area contributed by atoms with Crippen molar-refractivity contribution in [2.75, 3.05) is 24.8 Å². The van der Waals surface area contributed by atoms with E-state index in [2.05, 4.69) is 15.3 Å². The summed E-state index contributed by atoms with van der Waals surface area (Å²) in [6.45, 7) is 2.34. The van der Waals surface area contributed by atoms with Gasteiger partial charge in [-0.1, -0.05) is 0 Å². The maximum atomic E-state index is 10.5. The second kappa shape index (κ2) is 5.21. The Kier molecular flexibility index (Phi) is 3.95. The maximum Gasteiger partial charge on any atom is 0.329 e. The van der Waals surface area contributed by atoms with Crippen molar-refractivity contribution < 1.29 is 9.66 Å². The zero-order valence-corrected chi connectivity index (χ0v) is 9.01. The Bertz CT molecular complexity index is 384. The molecule has 0 spiro atoms. The Hall–Kier alpha value is -1.96. The first-order chi connectivity index (χ1) is 7.54. The number of nitrogens with zero attached hydrogens (tertiary/aromatic N) is 3. The molecule has 8 heteroatoms. The number of hydrogen-bond acceptors (Lipinski definition) is 7. The second-order valence-electron chi connectivity index (χ2n) is 3.22. The monoisotopic (exact) mass is 227 g/mol. The van der Waals surface area contributed by atoms with E-state index in [4.69, 9.17) is 10.5 Å². The van der Waals surface area contributed by atoms with Gasteiger partial charge in [0, 0.05) is 13.2 Å². The van der Waals surface area contributed by atoms with Crippen LogP contribution in [0, 0.1) is 10.1 Å². The Labute approximate surface area is 92.0 Å². The smallest absolute Gasteiger partial charge is 0.329 e. The van der Waals surface area contributed by atoms with E-state index in [-0.39, 0.29) is 23.5 Å². The molecule has 0 aliphatic heterocycles. The van der Waals surface area contributed by atoms with E-state index in [0.717, 1.165) is 6.20 Å². The lowest BCUT2D eigenvalue weighted by Gasteiger charge is -2.12. The van der Waals surface area contributed by atoms with Crippen LogP contribution in [0.2, 0.25) is 0 Å². The van der Waals surface area contributed by atoms with Crippen molar-refractivity contribution >= 4 is 17.5 Å². The predicted octanol–water partition coefficient (Wildman–Crippen LogP) is 0.414. The van der Waals surface area contributed by atoms with Crippen LogP contribution >= 0.6 is 0 Å². The van der Waals surface area contributed by atoms with E-state index >= 15 is 0 Å². The molecule has 88 valence electrons. The first-order valence-corrected chi connectivity index (χ1v) is 4.57. The number of aromatic nitrogens is 2. The molecule has 0 aromatic carbocycles. The molecule has 1 heterocycles. The zero-order valence-electron chi connectivity index (χ0n) is 9.01. The van der Waals surface area contributed by atoms with Crippen LogP contribution in [0.1, 0.15) is 6.92 Å². The molecule has 3 N–H and O–H groups in total. The number of rotatable bonds is 5. The van der Waals surface area contributed by atoms with Gasteiger partial charge in [0.2, 0.25) is 11.8 Å². The molecule has 0 saturated carbocycles. The van der Waals surface area contributed by atoms with Crippen LogP contribution in [0.15, 0.2) is 6.20 Å². The van der Waals surface area contributed by atoms with Crippen LogP contribution in [0.25, 0.3) is 0 Å². The van der Waals surface area contributed by atoms with Gasteiger partial charge in [0.25, 0.3) is 0 Å². The molecule has 1 aromatic rings. The van der Waals surface area contributed by atoms with Crippen molar-refractivity contribution in [3.8, 4) is 0 Å². The third-order valence-electron chi connectivity index (χ3n) is 1.79. The molecule has 1 atom stereocenters. The van der Waals surface area contributed by atoms with Gasteiger partial charge in [0.1, 0.15) is 6.20 Å². The Morgan fingerprint density at radius 3 is 2.94 bits per heavy atom. The molecule has 8 nitrogen and oxygen atoms in total. The molecule has 16 heavy (non-hydrogen) atoms. The number of nitrogens with two attached hydrogens (primary N) is 1. The summed E-state index contributed by atoms with van der Waals surface area (Å²) in [5.41, 5.74) is 5.11. The number of nitrogen functional groups attached to an aromatic ring is 1. The third kappa shape index (κ3) is 3.02. The molecular weight excluding hydrogens is 214 g/mol. The lowest BCUT2D eigenvalue weighted by atomic mass is 10.4. The molecule has 0 aliphatic rings. The fourth-order valence-electron chi connectivity index (χ4n) is 1.11. The Morgan fingerprint density at radius 1 is 1.75 bits per heavy atom. The van der Waals surface area contributed by atoms with E-state index in [0.29, 0.717) is 6.61 Å². The van der Waals surface area contributed by atoms with Gasteiger partial charge in [-0.3, -0.25) is 10.1 Å². The van der Waals surface area contributed by atoms with Crippen LogP contribution in [0.5, 0.6) is 0 Å². The normalized spacial score (nSPS) is 12.1. The highest BCUT2D eigenvalue weighted by atomic mass is 16.6. The lowest BCUT2D eigenvalue weighted by molar-refractivity contribution is -0.384. The number of methoxy groups -OCH3 is 1. The maximum absolute atomic E-state index is 10.5. The summed E-state index contributed by atoms with van der Waals surface area (Å²) in [6, 6.07) is -0.00847. The van der Waals surface area contributed by atoms with Crippen LogP contribution in [0.4, 0.5) is 17.5 Å². The fraction of sp³-hybridized carbons (Fsp3) is 0.500. The van der Waals surface area contributed by atoms with Crippen LogP contribution in [0.3, 0.4) is 0 Å².